The molecule has 1 aliphatic rings. The topological polar surface area (TPSA) is 91.7 Å². The van der Waals surface area contributed by atoms with Crippen LogP contribution in [-0.4, -0.2) is 27.6 Å². The van der Waals surface area contributed by atoms with Gasteiger partial charge in [0.25, 0.3) is 0 Å². The van der Waals surface area contributed by atoms with Crippen molar-refractivity contribution >= 4 is 29.8 Å². The van der Waals surface area contributed by atoms with Gasteiger partial charge in [0.2, 0.25) is 5.78 Å². The van der Waals surface area contributed by atoms with Crippen LogP contribution in [0.15, 0.2) is 42.0 Å². The van der Waals surface area contributed by atoms with Gasteiger partial charge in [0.15, 0.2) is 11.6 Å². The first kappa shape index (κ1) is 14.7. The zero-order chi connectivity index (χ0) is 13.3. The molecule has 0 heterocycles. The van der Waals surface area contributed by atoms with Gasteiger partial charge in [0.1, 0.15) is 11.5 Å². The monoisotopic (exact) mass is 280 g/mol. The summed E-state index contributed by atoms with van der Waals surface area (Å²) in [5.41, 5.74) is -0.555. The second kappa shape index (κ2) is 5.49. The van der Waals surface area contributed by atoms with Crippen molar-refractivity contribution in [1.82, 2.24) is 0 Å². The Hall–Kier alpha value is -2.40. The SMILES string of the molecule is Cl.O=C1C=CC(=O)C(C(=O)c2cc(O)ccc2O)=C1. The Kier molecular flexibility index (Phi) is 4.24. The quantitative estimate of drug-likeness (QED) is 0.369. The fraction of sp³-hybridized carbons (Fsp3) is 0. The molecule has 1 aromatic rings. The third-order valence-electron chi connectivity index (χ3n) is 2.42. The number of phenols is 2. The Morgan fingerprint density at radius 2 is 1.74 bits per heavy atom. The second-order valence-corrected chi connectivity index (χ2v) is 3.69. The highest BCUT2D eigenvalue weighted by molar-refractivity contribution is 6.34. The van der Waals surface area contributed by atoms with E-state index in [9.17, 15) is 24.6 Å². The van der Waals surface area contributed by atoms with Crippen LogP contribution >= 0.6 is 12.4 Å². The number of ketones is 3. The summed E-state index contributed by atoms with van der Waals surface area (Å²) in [4.78, 5) is 34.6. The zero-order valence-electron chi connectivity index (χ0n) is 9.49. The summed E-state index contributed by atoms with van der Waals surface area (Å²) >= 11 is 0. The molecule has 0 radical (unpaired) electrons. The number of carbonyl (C=O) groups excluding carboxylic acids is 3. The summed E-state index contributed by atoms with van der Waals surface area (Å²) in [6, 6.07) is 3.37. The smallest absolute Gasteiger partial charge is 0.200 e. The number of carbonyl (C=O) groups is 3. The number of halogens is 1. The van der Waals surface area contributed by atoms with Gasteiger partial charge in [-0.2, -0.15) is 0 Å². The first-order valence-electron chi connectivity index (χ1n) is 5.04. The third kappa shape index (κ3) is 2.89. The van der Waals surface area contributed by atoms with E-state index in [0.717, 1.165) is 30.4 Å². The van der Waals surface area contributed by atoms with Crippen LogP contribution in [0, 0.1) is 0 Å². The van der Waals surface area contributed by atoms with Crippen molar-refractivity contribution in [3.63, 3.8) is 0 Å². The summed E-state index contributed by atoms with van der Waals surface area (Å²) in [5, 5.41) is 18.8. The molecule has 0 aliphatic heterocycles. The van der Waals surface area contributed by atoms with E-state index >= 15 is 0 Å². The lowest BCUT2D eigenvalue weighted by Gasteiger charge is -2.07. The highest BCUT2D eigenvalue weighted by Gasteiger charge is 2.24. The first-order chi connectivity index (χ1) is 8.49. The van der Waals surface area contributed by atoms with Crippen LogP contribution in [0.2, 0.25) is 0 Å². The number of aromatic hydroxyl groups is 2. The van der Waals surface area contributed by atoms with Crippen LogP contribution in [0.5, 0.6) is 11.5 Å². The van der Waals surface area contributed by atoms with Crippen molar-refractivity contribution in [1.29, 1.82) is 0 Å². The van der Waals surface area contributed by atoms with Crippen molar-refractivity contribution < 1.29 is 24.6 Å². The normalized spacial score (nSPS) is 13.8. The Morgan fingerprint density at radius 3 is 2.42 bits per heavy atom. The Balaban J connectivity index is 0.00000180. The fourth-order valence-corrected chi connectivity index (χ4v) is 1.54. The van der Waals surface area contributed by atoms with Crippen molar-refractivity contribution in [2.75, 3.05) is 0 Å². The molecule has 0 saturated carbocycles. The van der Waals surface area contributed by atoms with Crippen LogP contribution in [0.25, 0.3) is 0 Å². The molecule has 0 bridgehead atoms. The summed E-state index contributed by atoms with van der Waals surface area (Å²) < 4.78 is 0. The Morgan fingerprint density at radius 1 is 1.05 bits per heavy atom. The lowest BCUT2D eigenvalue weighted by molar-refractivity contribution is -0.114. The largest absolute Gasteiger partial charge is 0.508 e. The summed E-state index contributed by atoms with van der Waals surface area (Å²) in [7, 11) is 0. The van der Waals surface area contributed by atoms with Crippen molar-refractivity contribution in [2.45, 2.75) is 0 Å². The van der Waals surface area contributed by atoms with Gasteiger partial charge in [0.05, 0.1) is 11.1 Å². The molecule has 0 spiro atoms. The Bertz CT molecular complexity index is 628. The molecule has 2 N–H and O–H groups in total. The average molecular weight is 281 g/mol. The highest BCUT2D eigenvalue weighted by atomic mass is 35.5. The number of rotatable bonds is 2. The molecule has 0 amide bonds. The highest BCUT2D eigenvalue weighted by Crippen LogP contribution is 2.25. The van der Waals surface area contributed by atoms with Crippen LogP contribution in [0.1, 0.15) is 10.4 Å². The molecule has 5 nitrogen and oxygen atoms in total. The van der Waals surface area contributed by atoms with Crippen molar-refractivity contribution in [3.8, 4) is 11.5 Å². The molecule has 1 aliphatic carbocycles. The third-order valence-corrected chi connectivity index (χ3v) is 2.42. The second-order valence-electron chi connectivity index (χ2n) is 3.69. The van der Waals surface area contributed by atoms with Gasteiger partial charge in [-0.3, -0.25) is 14.4 Å². The van der Waals surface area contributed by atoms with Crippen LogP contribution < -0.4 is 0 Å². The van der Waals surface area contributed by atoms with Crippen molar-refractivity contribution in [3.05, 3.63) is 47.6 Å². The number of benzene rings is 1. The maximum Gasteiger partial charge on any atom is 0.200 e. The van der Waals surface area contributed by atoms with Gasteiger partial charge in [-0.1, -0.05) is 0 Å². The van der Waals surface area contributed by atoms with Gasteiger partial charge >= 0.3 is 0 Å². The summed E-state index contributed by atoms with van der Waals surface area (Å²) in [6.07, 6.45) is 2.96. The van der Waals surface area contributed by atoms with Gasteiger partial charge in [-0.25, -0.2) is 0 Å². The van der Waals surface area contributed by atoms with Crippen molar-refractivity contribution in [2.24, 2.45) is 0 Å². The Labute approximate surface area is 114 Å². The molecule has 19 heavy (non-hydrogen) atoms. The standard InChI is InChI=1S/C13H8O5.ClH/c14-7-1-3-11(16)9(5-7)13(18)10-6-8(15)2-4-12(10)17;/h1-6,14,16H;1H. The van der Waals surface area contributed by atoms with E-state index in [1.165, 1.54) is 6.07 Å². The number of hydrogen-bond acceptors (Lipinski definition) is 5. The predicted octanol–water partition coefficient (Wildman–Crippen LogP) is 1.34. The number of allylic oxidation sites excluding steroid dienone is 4. The minimum absolute atomic E-state index is 0. The molecule has 0 unspecified atom stereocenters. The molecule has 98 valence electrons. The van der Waals surface area contributed by atoms with E-state index in [1.807, 2.05) is 0 Å². The summed E-state index contributed by atoms with van der Waals surface area (Å²) in [5.74, 6) is -2.47. The first-order valence-corrected chi connectivity index (χ1v) is 5.04. The lowest BCUT2D eigenvalue weighted by Crippen LogP contribution is -2.16. The van der Waals surface area contributed by atoms with E-state index in [4.69, 9.17) is 0 Å². The minimum atomic E-state index is -0.800. The zero-order valence-corrected chi connectivity index (χ0v) is 10.3. The molecular weight excluding hydrogens is 272 g/mol. The summed E-state index contributed by atoms with van der Waals surface area (Å²) in [6.45, 7) is 0. The molecule has 0 saturated heterocycles. The van der Waals surface area contributed by atoms with Gasteiger partial charge in [-0.05, 0) is 30.4 Å². The van der Waals surface area contributed by atoms with E-state index in [1.54, 1.807) is 0 Å². The molecule has 1 aromatic carbocycles. The molecule has 2 rings (SSSR count). The molecular formula is C13H9ClO5. The predicted molar refractivity (Wildman–Crippen MR) is 68.6 cm³/mol. The fourth-order valence-electron chi connectivity index (χ4n) is 1.54. The minimum Gasteiger partial charge on any atom is -0.508 e. The maximum atomic E-state index is 12.0. The van der Waals surface area contributed by atoms with E-state index in [-0.39, 0.29) is 35.0 Å². The van der Waals surface area contributed by atoms with Gasteiger partial charge in [0, 0.05) is 6.08 Å². The van der Waals surface area contributed by atoms with E-state index in [2.05, 4.69) is 0 Å². The van der Waals surface area contributed by atoms with E-state index in [0.29, 0.717) is 0 Å². The number of hydrogen-bond donors (Lipinski definition) is 2. The molecule has 0 atom stereocenters. The van der Waals surface area contributed by atoms with Crippen LogP contribution in [-0.2, 0) is 9.59 Å². The maximum absolute atomic E-state index is 12.0. The molecule has 0 aromatic heterocycles. The molecule has 6 heteroatoms. The van der Waals surface area contributed by atoms with Gasteiger partial charge in [-0.15, -0.1) is 12.4 Å². The van der Waals surface area contributed by atoms with Crippen LogP contribution in [0.3, 0.4) is 0 Å². The molecule has 0 fully saturated rings. The van der Waals surface area contributed by atoms with Gasteiger partial charge < -0.3 is 10.2 Å². The van der Waals surface area contributed by atoms with E-state index < -0.39 is 17.3 Å². The average Bonchev–Trinajstić information content (AvgIpc) is 2.34. The number of phenolic OH excluding ortho intramolecular Hbond substituents is 2. The van der Waals surface area contributed by atoms with Crippen LogP contribution in [0.4, 0.5) is 0 Å². The number of Topliss-reactive ketones (excluding diaryl/α,β-unsaturated/α-hetero) is 1. The lowest BCUT2D eigenvalue weighted by atomic mass is 9.95.